The first-order chi connectivity index (χ1) is 11.3. The molecule has 0 amide bonds. The molecule has 3 rings (SSSR count). The molecule has 2 N–H and O–H groups in total. The lowest BCUT2D eigenvalue weighted by Crippen LogP contribution is -2.32. The van der Waals surface area contributed by atoms with E-state index in [1.807, 2.05) is 52.1 Å². The van der Waals surface area contributed by atoms with Crippen LogP contribution in [0.15, 0.2) is 55.1 Å². The van der Waals surface area contributed by atoms with Gasteiger partial charge in [-0.1, -0.05) is 12.1 Å². The van der Waals surface area contributed by atoms with Gasteiger partial charge in [-0.25, -0.2) is 9.13 Å². The molecular weight excluding hydrogens is 292 g/mol. The fraction of sp³-hybridized carbons (Fsp3) is 0.235. The molecule has 0 radical (unpaired) electrons. The van der Waals surface area contributed by atoms with Crippen molar-refractivity contribution in [1.29, 1.82) is 0 Å². The summed E-state index contributed by atoms with van der Waals surface area (Å²) in [7, 11) is 0. The van der Waals surface area contributed by atoms with Gasteiger partial charge in [-0.15, -0.1) is 0 Å². The number of hydrogen-bond donors (Lipinski definition) is 2. The van der Waals surface area contributed by atoms with Crippen molar-refractivity contribution in [2.24, 2.45) is 0 Å². The van der Waals surface area contributed by atoms with Crippen molar-refractivity contribution in [3.8, 4) is 0 Å². The Labute approximate surface area is 134 Å². The van der Waals surface area contributed by atoms with Gasteiger partial charge in [-0.2, -0.15) is 0 Å². The van der Waals surface area contributed by atoms with Gasteiger partial charge >= 0.3 is 0 Å². The highest BCUT2D eigenvalue weighted by atomic mass is 16.3. The summed E-state index contributed by atoms with van der Waals surface area (Å²) >= 11 is 0. The first-order valence-electron chi connectivity index (χ1n) is 7.43. The van der Waals surface area contributed by atoms with Crippen LogP contribution in [0.2, 0.25) is 0 Å². The van der Waals surface area contributed by atoms with Crippen LogP contribution >= 0.6 is 0 Å². The molecule has 6 heteroatoms. The Morgan fingerprint density at radius 2 is 1.48 bits per heavy atom. The fourth-order valence-corrected chi connectivity index (χ4v) is 2.41. The predicted molar refractivity (Wildman–Crippen MR) is 83.2 cm³/mol. The van der Waals surface area contributed by atoms with Gasteiger partial charge in [0, 0.05) is 0 Å². The zero-order valence-electron chi connectivity index (χ0n) is 12.7. The van der Waals surface area contributed by atoms with Gasteiger partial charge in [0.2, 0.25) is 6.33 Å². The lowest BCUT2D eigenvalue weighted by atomic mass is 10.3. The van der Waals surface area contributed by atoms with Crippen molar-refractivity contribution in [1.82, 2.24) is 14.5 Å². The number of aliphatic hydroxyl groups is 2. The molecule has 0 unspecified atom stereocenters. The van der Waals surface area contributed by atoms with E-state index in [-0.39, 0.29) is 13.2 Å². The van der Waals surface area contributed by atoms with Gasteiger partial charge in [-0.05, 0) is 24.3 Å². The Morgan fingerprint density at radius 1 is 0.870 bits per heavy atom. The number of rotatable bonds is 6. The number of pyridine rings is 2. The van der Waals surface area contributed by atoms with E-state index in [0.717, 1.165) is 11.4 Å². The summed E-state index contributed by atoms with van der Waals surface area (Å²) in [5, 5.41) is 18.3. The highest BCUT2D eigenvalue weighted by Crippen LogP contribution is 2.03. The molecule has 0 saturated heterocycles. The molecule has 0 aliphatic rings. The van der Waals surface area contributed by atoms with Crippen LogP contribution in [0, 0.1) is 0 Å². The lowest BCUT2D eigenvalue weighted by molar-refractivity contribution is -0.688. The first kappa shape index (κ1) is 15.3. The van der Waals surface area contributed by atoms with Crippen LogP contribution in [0.4, 0.5) is 0 Å². The zero-order chi connectivity index (χ0) is 16.1. The highest BCUT2D eigenvalue weighted by Gasteiger charge is 2.08. The third-order valence-electron chi connectivity index (χ3n) is 3.49. The third-order valence-corrected chi connectivity index (χ3v) is 3.49. The minimum atomic E-state index is -0.0492. The number of nitrogens with zero attached hydrogens (tertiary/aromatic N) is 4. The summed E-state index contributed by atoms with van der Waals surface area (Å²) < 4.78 is 4.05. The molecule has 0 aliphatic carbocycles. The van der Waals surface area contributed by atoms with Gasteiger partial charge in [0.05, 0.1) is 36.0 Å². The number of hydrogen-bond acceptors (Lipinski definition) is 4. The maximum absolute atomic E-state index is 9.14. The first-order valence-corrected chi connectivity index (χ1v) is 7.43. The van der Waals surface area contributed by atoms with Gasteiger partial charge in [0.15, 0.2) is 0 Å². The molecule has 3 aromatic heterocycles. The minimum absolute atomic E-state index is 0.0492. The van der Waals surface area contributed by atoms with Crippen LogP contribution in [0.25, 0.3) is 0 Å². The Morgan fingerprint density at radius 3 is 2.17 bits per heavy atom. The summed E-state index contributed by atoms with van der Waals surface area (Å²) in [6.07, 6.45) is 5.94. The molecule has 6 nitrogen and oxygen atoms in total. The molecule has 3 aromatic rings. The van der Waals surface area contributed by atoms with E-state index in [1.54, 1.807) is 12.1 Å². The van der Waals surface area contributed by atoms with Crippen LogP contribution in [0.3, 0.4) is 0 Å². The Balaban J connectivity index is 1.70. The Bertz CT molecular complexity index is 722. The fourth-order valence-electron chi connectivity index (χ4n) is 2.41. The maximum Gasteiger partial charge on any atom is 0.244 e. The van der Waals surface area contributed by atoms with E-state index in [2.05, 4.69) is 9.97 Å². The van der Waals surface area contributed by atoms with Crippen LogP contribution in [0.1, 0.15) is 22.8 Å². The van der Waals surface area contributed by atoms with Gasteiger partial charge < -0.3 is 10.2 Å². The average Bonchev–Trinajstić information content (AvgIpc) is 3.02. The average molecular weight is 311 g/mol. The summed E-state index contributed by atoms with van der Waals surface area (Å²) in [5.74, 6) is 0. The number of aliphatic hydroxyl groups excluding tert-OH is 2. The topological polar surface area (TPSA) is 75.0 Å². The molecule has 0 atom stereocenters. The van der Waals surface area contributed by atoms with E-state index in [4.69, 9.17) is 10.2 Å². The molecule has 118 valence electrons. The third kappa shape index (κ3) is 4.00. The molecule has 0 aromatic carbocycles. The predicted octanol–water partition coefficient (Wildman–Crippen LogP) is 0.647. The molecular formula is C17H19N4O2+. The molecule has 0 saturated carbocycles. The monoisotopic (exact) mass is 311 g/mol. The quantitative estimate of drug-likeness (QED) is 0.655. The molecule has 0 bridgehead atoms. The van der Waals surface area contributed by atoms with Crippen LogP contribution in [-0.4, -0.2) is 24.7 Å². The maximum atomic E-state index is 9.14. The normalized spacial score (nSPS) is 10.9. The zero-order valence-corrected chi connectivity index (χ0v) is 12.7. The van der Waals surface area contributed by atoms with Gasteiger partial charge in [-0.3, -0.25) is 9.97 Å². The second-order valence-corrected chi connectivity index (χ2v) is 5.32. The summed E-state index contributed by atoms with van der Waals surface area (Å²) in [5.41, 5.74) is 3.15. The smallest absolute Gasteiger partial charge is 0.244 e. The largest absolute Gasteiger partial charge is 0.390 e. The van der Waals surface area contributed by atoms with E-state index in [9.17, 15) is 0 Å². The summed E-state index contributed by atoms with van der Waals surface area (Å²) in [6, 6.07) is 11.3. The Kier molecular flexibility index (Phi) is 4.75. The Hall–Kier alpha value is -2.57. The number of aromatic nitrogens is 4. The van der Waals surface area contributed by atoms with Crippen molar-refractivity contribution in [2.45, 2.75) is 26.3 Å². The minimum Gasteiger partial charge on any atom is -0.390 e. The van der Waals surface area contributed by atoms with E-state index in [1.165, 1.54) is 0 Å². The van der Waals surface area contributed by atoms with Crippen molar-refractivity contribution < 1.29 is 14.8 Å². The molecule has 23 heavy (non-hydrogen) atoms. The van der Waals surface area contributed by atoms with Crippen molar-refractivity contribution in [3.63, 3.8) is 0 Å². The van der Waals surface area contributed by atoms with Crippen LogP contribution < -0.4 is 4.57 Å². The second-order valence-electron chi connectivity index (χ2n) is 5.32. The highest BCUT2D eigenvalue weighted by molar-refractivity contribution is 5.11. The van der Waals surface area contributed by atoms with Crippen molar-refractivity contribution in [2.75, 3.05) is 0 Å². The van der Waals surface area contributed by atoms with E-state index in [0.29, 0.717) is 24.5 Å². The second kappa shape index (κ2) is 7.13. The molecule has 0 spiro atoms. The summed E-state index contributed by atoms with van der Waals surface area (Å²) in [6.45, 7) is 1.19. The van der Waals surface area contributed by atoms with Gasteiger partial charge in [0.1, 0.15) is 25.5 Å². The van der Waals surface area contributed by atoms with Crippen molar-refractivity contribution in [3.05, 3.63) is 77.9 Å². The van der Waals surface area contributed by atoms with Crippen molar-refractivity contribution >= 4 is 0 Å². The van der Waals surface area contributed by atoms with E-state index < -0.39 is 0 Å². The SMILES string of the molecule is OCc1cccc(Cn2cc[n+](Cc3cccc(CO)n3)c2)n1. The van der Waals surface area contributed by atoms with Crippen LogP contribution in [-0.2, 0) is 26.3 Å². The van der Waals surface area contributed by atoms with Gasteiger partial charge in [0.25, 0.3) is 0 Å². The lowest BCUT2D eigenvalue weighted by Gasteiger charge is -2.01. The van der Waals surface area contributed by atoms with Crippen LogP contribution in [0.5, 0.6) is 0 Å². The molecule has 0 aliphatic heterocycles. The summed E-state index contributed by atoms with van der Waals surface area (Å²) in [4.78, 5) is 8.76. The van der Waals surface area contributed by atoms with E-state index >= 15 is 0 Å². The molecule has 3 heterocycles. The molecule has 0 fully saturated rings. The number of imidazole rings is 1. The standard InChI is InChI=1S/C17H19N4O2/c22-11-16-5-1-3-14(18-16)9-20-7-8-21(13-20)10-15-4-2-6-17(12-23)19-15/h1-8,13,22-23H,9-12H2/q+1.